The third kappa shape index (κ3) is 3.63. The van der Waals surface area contributed by atoms with Crippen LogP contribution in [0.2, 0.25) is 0 Å². The maximum atomic E-state index is 13.9. The fourth-order valence-corrected chi connectivity index (χ4v) is 1.51. The molecule has 5 heteroatoms. The number of anilines is 1. The van der Waals surface area contributed by atoms with Crippen molar-refractivity contribution in [3.63, 3.8) is 0 Å². The number of hydrogen-bond donors (Lipinski definition) is 1. The lowest BCUT2D eigenvalue weighted by Gasteiger charge is -2.22. The normalized spacial score (nSPS) is 12.8. The maximum Gasteiger partial charge on any atom is 0.186 e. The van der Waals surface area contributed by atoms with Crippen LogP contribution in [0.25, 0.3) is 0 Å². The number of methoxy groups -OCH3 is 1. The van der Waals surface area contributed by atoms with Gasteiger partial charge in [0.1, 0.15) is 6.33 Å². The number of aryl methyl sites for hydroxylation is 1. The highest BCUT2D eigenvalue weighted by Gasteiger charge is 2.17. The Morgan fingerprint density at radius 1 is 1.41 bits per heavy atom. The Morgan fingerprint density at radius 3 is 2.65 bits per heavy atom. The van der Waals surface area contributed by atoms with Crippen LogP contribution in [0.4, 0.5) is 10.2 Å². The topological polar surface area (TPSA) is 47.0 Å². The Hall–Kier alpha value is -1.23. The van der Waals surface area contributed by atoms with Crippen LogP contribution in [0.5, 0.6) is 0 Å². The highest BCUT2D eigenvalue weighted by atomic mass is 19.1. The number of nitrogens with one attached hydrogen (secondary N) is 1. The predicted molar refractivity (Wildman–Crippen MR) is 65.5 cm³/mol. The van der Waals surface area contributed by atoms with Crippen LogP contribution in [0, 0.1) is 11.7 Å². The lowest BCUT2D eigenvalue weighted by Crippen LogP contribution is -2.31. The molecule has 17 heavy (non-hydrogen) atoms. The van der Waals surface area contributed by atoms with Crippen molar-refractivity contribution in [1.82, 2.24) is 9.97 Å². The number of halogens is 1. The zero-order chi connectivity index (χ0) is 12.8. The van der Waals surface area contributed by atoms with E-state index in [2.05, 4.69) is 29.1 Å². The smallest absolute Gasteiger partial charge is 0.186 e. The molecule has 4 nitrogen and oxygen atoms in total. The zero-order valence-corrected chi connectivity index (χ0v) is 10.8. The molecule has 96 valence electrons. The predicted octanol–water partition coefficient (Wildman–Crippen LogP) is 2.26. The summed E-state index contributed by atoms with van der Waals surface area (Å²) in [5, 5.41) is 3.07. The van der Waals surface area contributed by atoms with Gasteiger partial charge in [0.15, 0.2) is 11.6 Å². The van der Waals surface area contributed by atoms with Gasteiger partial charge in [0.25, 0.3) is 0 Å². The van der Waals surface area contributed by atoms with Gasteiger partial charge in [-0.25, -0.2) is 14.4 Å². The standard InChI is InChI=1S/C12H20FN3O/c1-5-9-11(13)12(15-7-14-9)16-10(6-17-4)8(2)3/h7-8,10H,5-6H2,1-4H3,(H,14,15,16). The van der Waals surface area contributed by atoms with Crippen LogP contribution >= 0.6 is 0 Å². The van der Waals surface area contributed by atoms with Crippen molar-refractivity contribution in [3.8, 4) is 0 Å². The van der Waals surface area contributed by atoms with E-state index in [1.165, 1.54) is 6.33 Å². The van der Waals surface area contributed by atoms with Crippen molar-refractivity contribution >= 4 is 5.82 Å². The zero-order valence-electron chi connectivity index (χ0n) is 10.8. The summed E-state index contributed by atoms with van der Waals surface area (Å²) in [5.41, 5.74) is 0.433. The molecule has 1 rings (SSSR count). The van der Waals surface area contributed by atoms with E-state index >= 15 is 0 Å². The van der Waals surface area contributed by atoms with Gasteiger partial charge >= 0.3 is 0 Å². The molecule has 0 aliphatic carbocycles. The Bertz CT molecular complexity index is 358. The largest absolute Gasteiger partial charge is 0.383 e. The summed E-state index contributed by atoms with van der Waals surface area (Å²) in [4.78, 5) is 7.84. The fourth-order valence-electron chi connectivity index (χ4n) is 1.51. The van der Waals surface area contributed by atoms with Gasteiger partial charge in [-0.1, -0.05) is 20.8 Å². The SMILES string of the molecule is CCc1ncnc(NC(COC)C(C)C)c1F. The summed E-state index contributed by atoms with van der Waals surface area (Å²) in [5.74, 6) is 0.221. The molecule has 0 aliphatic rings. The van der Waals surface area contributed by atoms with E-state index in [1.807, 2.05) is 6.92 Å². The van der Waals surface area contributed by atoms with Crippen molar-refractivity contribution in [2.24, 2.45) is 5.92 Å². The molecule has 0 fully saturated rings. The van der Waals surface area contributed by atoms with E-state index < -0.39 is 0 Å². The van der Waals surface area contributed by atoms with Gasteiger partial charge in [0.05, 0.1) is 18.3 Å². The first kappa shape index (κ1) is 13.8. The molecule has 0 aliphatic heterocycles. The summed E-state index contributed by atoms with van der Waals surface area (Å²) in [6.07, 6.45) is 1.94. The van der Waals surface area contributed by atoms with Crippen LogP contribution in [-0.2, 0) is 11.2 Å². The van der Waals surface area contributed by atoms with Crippen LogP contribution in [0.1, 0.15) is 26.5 Å². The number of hydrogen-bond acceptors (Lipinski definition) is 4. The summed E-state index contributed by atoms with van der Waals surface area (Å²) < 4.78 is 19.0. The molecule has 0 bridgehead atoms. The first-order chi connectivity index (χ1) is 8.10. The lowest BCUT2D eigenvalue weighted by molar-refractivity contribution is 0.171. The van der Waals surface area contributed by atoms with Crippen molar-refractivity contribution in [1.29, 1.82) is 0 Å². The van der Waals surface area contributed by atoms with E-state index in [1.54, 1.807) is 7.11 Å². The maximum absolute atomic E-state index is 13.9. The van der Waals surface area contributed by atoms with Gasteiger partial charge in [0.2, 0.25) is 0 Å². The number of rotatable bonds is 6. The van der Waals surface area contributed by atoms with Crippen LogP contribution in [0.3, 0.4) is 0 Å². The molecule has 0 radical (unpaired) electrons. The molecule has 1 heterocycles. The van der Waals surface area contributed by atoms with Gasteiger partial charge in [-0.3, -0.25) is 0 Å². The van der Waals surface area contributed by atoms with Crippen LogP contribution in [0.15, 0.2) is 6.33 Å². The third-order valence-electron chi connectivity index (χ3n) is 2.67. The monoisotopic (exact) mass is 241 g/mol. The Balaban J connectivity index is 2.85. The number of ether oxygens (including phenoxy) is 1. The summed E-state index contributed by atoms with van der Waals surface area (Å²) in [6, 6.07) is 0.0362. The van der Waals surface area contributed by atoms with Gasteiger partial charge < -0.3 is 10.1 Å². The first-order valence-corrected chi connectivity index (χ1v) is 5.85. The lowest BCUT2D eigenvalue weighted by atomic mass is 10.1. The Morgan fingerprint density at radius 2 is 2.12 bits per heavy atom. The average molecular weight is 241 g/mol. The van der Waals surface area contributed by atoms with Gasteiger partial charge in [-0.15, -0.1) is 0 Å². The van der Waals surface area contributed by atoms with E-state index in [9.17, 15) is 4.39 Å². The molecule has 0 saturated heterocycles. The Labute approximate surface area is 102 Å². The van der Waals surface area contributed by atoms with Crippen LogP contribution in [-0.4, -0.2) is 29.7 Å². The summed E-state index contributed by atoms with van der Waals surface area (Å²) in [6.45, 7) is 6.49. The number of aromatic nitrogens is 2. The third-order valence-corrected chi connectivity index (χ3v) is 2.67. The van der Waals surface area contributed by atoms with Crippen molar-refractivity contribution < 1.29 is 9.13 Å². The summed E-state index contributed by atoms with van der Waals surface area (Å²) >= 11 is 0. The van der Waals surface area contributed by atoms with Crippen LogP contribution < -0.4 is 5.32 Å². The van der Waals surface area contributed by atoms with E-state index in [0.717, 1.165) is 0 Å². The van der Waals surface area contributed by atoms with Gasteiger partial charge in [-0.05, 0) is 12.3 Å². The highest BCUT2D eigenvalue weighted by molar-refractivity contribution is 5.38. The van der Waals surface area contributed by atoms with E-state index in [0.29, 0.717) is 24.6 Å². The van der Waals surface area contributed by atoms with Crippen molar-refractivity contribution in [2.45, 2.75) is 33.2 Å². The minimum Gasteiger partial charge on any atom is -0.383 e. The molecule has 1 atom stereocenters. The highest BCUT2D eigenvalue weighted by Crippen LogP contribution is 2.16. The van der Waals surface area contributed by atoms with Crippen molar-refractivity contribution in [3.05, 3.63) is 17.8 Å². The fraction of sp³-hybridized carbons (Fsp3) is 0.667. The van der Waals surface area contributed by atoms with E-state index in [-0.39, 0.29) is 17.7 Å². The van der Waals surface area contributed by atoms with Crippen molar-refractivity contribution in [2.75, 3.05) is 19.0 Å². The van der Waals surface area contributed by atoms with Gasteiger partial charge in [-0.2, -0.15) is 0 Å². The van der Waals surface area contributed by atoms with E-state index in [4.69, 9.17) is 4.74 Å². The second-order valence-corrected chi connectivity index (χ2v) is 4.29. The number of nitrogens with zero attached hydrogens (tertiary/aromatic N) is 2. The Kier molecular flexibility index (Phi) is 5.28. The van der Waals surface area contributed by atoms with Gasteiger partial charge in [0, 0.05) is 7.11 Å². The molecule has 1 aromatic rings. The molecule has 1 aromatic heterocycles. The second-order valence-electron chi connectivity index (χ2n) is 4.29. The molecular weight excluding hydrogens is 221 g/mol. The molecule has 1 N–H and O–H groups in total. The minimum atomic E-state index is -0.364. The first-order valence-electron chi connectivity index (χ1n) is 5.85. The molecule has 0 amide bonds. The molecule has 0 spiro atoms. The quantitative estimate of drug-likeness (QED) is 0.830. The average Bonchev–Trinajstić information content (AvgIpc) is 2.30. The minimum absolute atomic E-state index is 0.0362. The molecular formula is C12H20FN3O. The second kappa shape index (κ2) is 6.49. The summed E-state index contributed by atoms with van der Waals surface area (Å²) in [7, 11) is 1.63. The molecule has 1 unspecified atom stereocenters. The molecule has 0 aromatic carbocycles. The molecule has 0 saturated carbocycles.